The van der Waals surface area contributed by atoms with Crippen LogP contribution >= 0.6 is 0 Å². The zero-order chi connectivity index (χ0) is 17.9. The van der Waals surface area contributed by atoms with Crippen LogP contribution in [0.2, 0.25) is 0 Å². The quantitative estimate of drug-likeness (QED) is 0.818. The van der Waals surface area contributed by atoms with Crippen molar-refractivity contribution in [2.75, 3.05) is 7.11 Å². The van der Waals surface area contributed by atoms with E-state index >= 15 is 0 Å². The van der Waals surface area contributed by atoms with Crippen molar-refractivity contribution in [3.63, 3.8) is 0 Å². The van der Waals surface area contributed by atoms with Gasteiger partial charge in [0.1, 0.15) is 5.75 Å². The molecule has 1 aromatic heterocycles. The third kappa shape index (κ3) is 3.60. The lowest BCUT2D eigenvalue weighted by molar-refractivity contribution is 0.414. The summed E-state index contributed by atoms with van der Waals surface area (Å²) in [5.41, 5.74) is 0.356. The van der Waals surface area contributed by atoms with Crippen LogP contribution in [0.3, 0.4) is 0 Å². The second-order valence-electron chi connectivity index (χ2n) is 5.19. The van der Waals surface area contributed by atoms with Crippen LogP contribution < -0.4 is 14.9 Å². The summed E-state index contributed by atoms with van der Waals surface area (Å²) in [4.78, 5) is 11.8. The van der Waals surface area contributed by atoms with Crippen molar-refractivity contribution >= 4 is 10.0 Å². The molecule has 0 atom stereocenters. The van der Waals surface area contributed by atoms with Crippen LogP contribution in [0.25, 0.3) is 0 Å². The van der Waals surface area contributed by atoms with E-state index in [9.17, 15) is 18.3 Å². The fraction of sp³-hybridized carbons (Fsp3) is 0.312. The first-order valence-electron chi connectivity index (χ1n) is 7.36. The highest BCUT2D eigenvalue weighted by molar-refractivity contribution is 7.89. The van der Waals surface area contributed by atoms with Gasteiger partial charge in [0.05, 0.1) is 24.2 Å². The fourth-order valence-corrected chi connectivity index (χ4v) is 3.43. The molecular formula is C16H20N2O5S. The summed E-state index contributed by atoms with van der Waals surface area (Å²) in [5.74, 6) is 0.102. The first-order chi connectivity index (χ1) is 11.3. The van der Waals surface area contributed by atoms with Gasteiger partial charge in [0, 0.05) is 18.3 Å². The van der Waals surface area contributed by atoms with E-state index < -0.39 is 21.2 Å². The average molecular weight is 352 g/mol. The van der Waals surface area contributed by atoms with Crippen molar-refractivity contribution in [2.45, 2.75) is 31.8 Å². The zero-order valence-corrected chi connectivity index (χ0v) is 14.6. The van der Waals surface area contributed by atoms with E-state index in [4.69, 9.17) is 4.74 Å². The predicted molar refractivity (Wildman–Crippen MR) is 89.8 cm³/mol. The number of aryl methyl sites for hydroxylation is 1. The van der Waals surface area contributed by atoms with Crippen LogP contribution in [0.5, 0.6) is 11.5 Å². The molecule has 0 aliphatic carbocycles. The number of hydrogen-bond donors (Lipinski definition) is 2. The molecular weight excluding hydrogens is 332 g/mol. The van der Waals surface area contributed by atoms with Crippen molar-refractivity contribution in [1.29, 1.82) is 0 Å². The maximum atomic E-state index is 12.4. The molecule has 0 saturated heterocycles. The summed E-state index contributed by atoms with van der Waals surface area (Å²) in [7, 11) is -2.29. The Morgan fingerprint density at radius 1 is 1.25 bits per heavy atom. The van der Waals surface area contributed by atoms with Gasteiger partial charge in [-0.05, 0) is 38.1 Å². The Balaban J connectivity index is 2.31. The molecule has 0 aliphatic heterocycles. The SMILES string of the molecule is CCn1c(C)cc(=O)c(O)c1CNS(=O)(=O)c1ccc(OC)cc1. The summed E-state index contributed by atoms with van der Waals surface area (Å²) in [6.45, 7) is 3.88. The molecule has 0 aliphatic rings. The van der Waals surface area contributed by atoms with Gasteiger partial charge in [-0.1, -0.05) is 0 Å². The molecule has 1 aromatic carbocycles. The highest BCUT2D eigenvalue weighted by Gasteiger charge is 2.18. The highest BCUT2D eigenvalue weighted by atomic mass is 32.2. The molecule has 1 heterocycles. The second kappa shape index (κ2) is 7.06. The molecule has 7 nitrogen and oxygen atoms in total. The monoisotopic (exact) mass is 352 g/mol. The van der Waals surface area contributed by atoms with Gasteiger partial charge in [0.15, 0.2) is 5.75 Å². The molecule has 0 unspecified atom stereocenters. The number of aromatic nitrogens is 1. The average Bonchev–Trinajstić information content (AvgIpc) is 2.56. The minimum Gasteiger partial charge on any atom is -0.503 e. The number of nitrogens with zero attached hydrogens (tertiary/aromatic N) is 1. The van der Waals surface area contributed by atoms with Gasteiger partial charge in [-0.2, -0.15) is 0 Å². The number of sulfonamides is 1. The Labute approximate surface area is 140 Å². The van der Waals surface area contributed by atoms with Gasteiger partial charge in [-0.15, -0.1) is 0 Å². The number of rotatable bonds is 6. The molecule has 2 rings (SSSR count). The van der Waals surface area contributed by atoms with Crippen molar-refractivity contribution in [1.82, 2.24) is 9.29 Å². The summed E-state index contributed by atoms with van der Waals surface area (Å²) in [6, 6.07) is 7.25. The molecule has 0 radical (unpaired) electrons. The lowest BCUT2D eigenvalue weighted by Crippen LogP contribution is -2.27. The van der Waals surface area contributed by atoms with E-state index in [2.05, 4.69) is 4.72 Å². The Hall–Kier alpha value is -2.32. The van der Waals surface area contributed by atoms with Crippen LogP contribution in [0.1, 0.15) is 18.3 Å². The van der Waals surface area contributed by atoms with Crippen LogP contribution in [0.15, 0.2) is 40.0 Å². The lowest BCUT2D eigenvalue weighted by Gasteiger charge is -2.17. The van der Waals surface area contributed by atoms with Crippen LogP contribution in [-0.4, -0.2) is 25.2 Å². The molecule has 2 N–H and O–H groups in total. The van der Waals surface area contributed by atoms with Crippen molar-refractivity contribution < 1.29 is 18.3 Å². The minimum absolute atomic E-state index is 0.0702. The number of methoxy groups -OCH3 is 1. The normalized spacial score (nSPS) is 11.5. The molecule has 0 amide bonds. The number of benzene rings is 1. The molecule has 8 heteroatoms. The van der Waals surface area contributed by atoms with E-state index in [0.717, 1.165) is 0 Å². The molecule has 2 aromatic rings. The standard InChI is InChI=1S/C16H20N2O5S/c1-4-18-11(2)9-15(19)16(20)14(18)10-17-24(21,22)13-7-5-12(23-3)6-8-13/h5-9,17,20H,4,10H2,1-3H3. The molecule has 0 spiro atoms. The van der Waals surface area contributed by atoms with Gasteiger partial charge in [-0.25, -0.2) is 13.1 Å². The van der Waals surface area contributed by atoms with E-state index in [-0.39, 0.29) is 17.1 Å². The van der Waals surface area contributed by atoms with Crippen LogP contribution in [0, 0.1) is 6.92 Å². The number of pyridine rings is 1. The summed E-state index contributed by atoms with van der Waals surface area (Å²) < 4.78 is 33.8. The van der Waals surface area contributed by atoms with Crippen LogP contribution in [0.4, 0.5) is 0 Å². The first kappa shape index (κ1) is 18.0. The van der Waals surface area contributed by atoms with E-state index in [1.165, 1.54) is 25.3 Å². The second-order valence-corrected chi connectivity index (χ2v) is 6.96. The van der Waals surface area contributed by atoms with Crippen molar-refractivity contribution in [2.24, 2.45) is 0 Å². The number of ether oxygens (including phenoxy) is 1. The van der Waals surface area contributed by atoms with Gasteiger partial charge in [-0.3, -0.25) is 4.79 Å². The Kier molecular flexibility index (Phi) is 5.30. The van der Waals surface area contributed by atoms with E-state index in [1.54, 1.807) is 23.6 Å². The molecule has 24 heavy (non-hydrogen) atoms. The van der Waals surface area contributed by atoms with Gasteiger partial charge in [0.2, 0.25) is 15.5 Å². The van der Waals surface area contributed by atoms with Crippen molar-refractivity contribution in [3.8, 4) is 11.5 Å². The van der Waals surface area contributed by atoms with E-state index in [1.807, 2.05) is 6.92 Å². The summed E-state index contributed by atoms with van der Waals surface area (Å²) in [5, 5.41) is 9.98. The minimum atomic E-state index is -3.78. The molecule has 0 fully saturated rings. The van der Waals surface area contributed by atoms with Gasteiger partial charge in [0.25, 0.3) is 0 Å². The lowest BCUT2D eigenvalue weighted by atomic mass is 10.2. The zero-order valence-electron chi connectivity index (χ0n) is 13.7. The Bertz CT molecular complexity index is 886. The predicted octanol–water partition coefficient (Wildman–Crippen LogP) is 1.37. The number of aromatic hydroxyl groups is 1. The van der Waals surface area contributed by atoms with Crippen molar-refractivity contribution in [3.05, 3.63) is 51.9 Å². The summed E-state index contributed by atoms with van der Waals surface area (Å²) in [6.07, 6.45) is 0. The Morgan fingerprint density at radius 3 is 2.42 bits per heavy atom. The number of hydrogen-bond acceptors (Lipinski definition) is 5. The molecule has 0 bridgehead atoms. The Morgan fingerprint density at radius 2 is 1.88 bits per heavy atom. The topological polar surface area (TPSA) is 97.6 Å². The van der Waals surface area contributed by atoms with E-state index in [0.29, 0.717) is 18.0 Å². The number of nitrogens with one attached hydrogen (secondary N) is 1. The molecule has 130 valence electrons. The summed E-state index contributed by atoms with van der Waals surface area (Å²) >= 11 is 0. The maximum Gasteiger partial charge on any atom is 0.240 e. The van der Waals surface area contributed by atoms with Gasteiger partial charge >= 0.3 is 0 Å². The van der Waals surface area contributed by atoms with Gasteiger partial charge < -0.3 is 14.4 Å². The fourth-order valence-electron chi connectivity index (χ4n) is 2.44. The highest BCUT2D eigenvalue weighted by Crippen LogP contribution is 2.18. The smallest absolute Gasteiger partial charge is 0.240 e. The third-order valence-corrected chi connectivity index (χ3v) is 5.13. The van der Waals surface area contributed by atoms with Crippen LogP contribution in [-0.2, 0) is 23.1 Å². The first-order valence-corrected chi connectivity index (χ1v) is 8.84. The third-order valence-electron chi connectivity index (χ3n) is 3.71. The largest absolute Gasteiger partial charge is 0.503 e. The molecule has 0 saturated carbocycles. The maximum absolute atomic E-state index is 12.4.